The summed E-state index contributed by atoms with van der Waals surface area (Å²) in [6.07, 6.45) is 1.63. The predicted molar refractivity (Wildman–Crippen MR) is 157 cm³/mol. The Bertz CT molecular complexity index is 1420. The number of halogens is 1. The third-order valence-corrected chi connectivity index (χ3v) is 7.47. The number of carbonyl (C=O) groups excluding carboxylic acids is 1. The fourth-order valence-corrected chi connectivity index (χ4v) is 5.35. The molecular weight excluding hydrogens is 513 g/mol. The maximum Gasteiger partial charge on any atom is 0.307 e. The van der Waals surface area contributed by atoms with Gasteiger partial charge >= 0.3 is 5.97 Å². The maximum absolute atomic E-state index is 15.1. The van der Waals surface area contributed by atoms with E-state index in [1.807, 2.05) is 24.9 Å². The van der Waals surface area contributed by atoms with Gasteiger partial charge in [-0.05, 0) is 77.2 Å². The maximum atomic E-state index is 15.1. The molecule has 6 nitrogen and oxygen atoms in total. The summed E-state index contributed by atoms with van der Waals surface area (Å²) < 4.78 is 15.1. The van der Waals surface area contributed by atoms with Gasteiger partial charge in [0.1, 0.15) is 5.82 Å². The Kier molecular flexibility index (Phi) is 8.86. The highest BCUT2D eigenvalue weighted by molar-refractivity contribution is 8.18. The van der Waals surface area contributed by atoms with Crippen LogP contribution in [0.3, 0.4) is 0 Å². The molecule has 4 rings (SSSR count). The summed E-state index contributed by atoms with van der Waals surface area (Å²) in [5, 5.41) is 9.48. The van der Waals surface area contributed by atoms with E-state index in [0.29, 0.717) is 51.6 Å². The highest BCUT2D eigenvalue weighted by atomic mass is 32.2. The first kappa shape index (κ1) is 28.1. The second-order valence-electron chi connectivity index (χ2n) is 9.75. The lowest BCUT2D eigenvalue weighted by Crippen LogP contribution is -2.28. The van der Waals surface area contributed by atoms with E-state index in [-0.39, 0.29) is 18.1 Å². The normalized spacial score (nSPS) is 15.5. The third-order valence-electron chi connectivity index (χ3n) is 6.47. The molecule has 1 saturated heterocycles. The van der Waals surface area contributed by atoms with Gasteiger partial charge in [-0.3, -0.25) is 14.5 Å². The van der Waals surface area contributed by atoms with E-state index >= 15 is 4.39 Å². The van der Waals surface area contributed by atoms with E-state index in [9.17, 15) is 9.59 Å². The van der Waals surface area contributed by atoms with Crippen LogP contribution in [0.2, 0.25) is 0 Å². The standard InChI is InChI=1S/C31H32FN3O3S/c1-5-35-30(38)28(39-31(35)33-25-13-8-21(9-14-25)18-29(36)37)17-23-10-15-27(26(32)16-23)34(4)19-22-6-11-24(12-7-22)20(2)3/h6-17,20H,5,18-19H2,1-4H3,(H,36,37). The Hall–Kier alpha value is -3.91. The van der Waals surface area contributed by atoms with Gasteiger partial charge < -0.3 is 10.0 Å². The van der Waals surface area contributed by atoms with E-state index < -0.39 is 5.97 Å². The lowest BCUT2D eigenvalue weighted by atomic mass is 10.0. The zero-order valence-corrected chi connectivity index (χ0v) is 23.3. The van der Waals surface area contributed by atoms with Crippen molar-refractivity contribution in [2.45, 2.75) is 39.7 Å². The van der Waals surface area contributed by atoms with Crippen molar-refractivity contribution in [1.29, 1.82) is 0 Å². The van der Waals surface area contributed by atoms with Crippen LogP contribution in [0.25, 0.3) is 6.08 Å². The SMILES string of the molecule is CCN1C(=O)C(=Cc2ccc(N(C)Cc3ccc(C(C)C)cc3)c(F)c2)SC1=Nc1ccc(CC(=O)O)cc1. The number of aliphatic imine (C=N–C) groups is 1. The summed E-state index contributed by atoms with van der Waals surface area (Å²) in [5.41, 5.74) is 4.75. The van der Waals surface area contributed by atoms with Gasteiger partial charge in [0.05, 0.1) is 22.7 Å². The molecule has 3 aromatic rings. The van der Waals surface area contributed by atoms with Gasteiger partial charge in [0.15, 0.2) is 5.17 Å². The molecule has 0 bridgehead atoms. The molecule has 8 heteroatoms. The molecule has 0 radical (unpaired) electrons. The minimum atomic E-state index is -0.898. The quantitative estimate of drug-likeness (QED) is 0.298. The highest BCUT2D eigenvalue weighted by Gasteiger charge is 2.32. The summed E-state index contributed by atoms with van der Waals surface area (Å²) in [4.78, 5) is 32.4. The van der Waals surface area contributed by atoms with Crippen LogP contribution >= 0.6 is 11.8 Å². The van der Waals surface area contributed by atoms with Crippen LogP contribution in [0, 0.1) is 5.82 Å². The number of carboxylic acid groups (broad SMARTS) is 1. The van der Waals surface area contributed by atoms with Gasteiger partial charge in [0.25, 0.3) is 5.91 Å². The molecule has 0 unspecified atom stereocenters. The van der Waals surface area contributed by atoms with Gasteiger partial charge in [-0.15, -0.1) is 0 Å². The molecule has 0 saturated carbocycles. The summed E-state index contributed by atoms with van der Waals surface area (Å²) in [5.74, 6) is -0.978. The number of carboxylic acids is 1. The van der Waals surface area contributed by atoms with Crippen LogP contribution in [0.5, 0.6) is 0 Å². The van der Waals surface area contributed by atoms with E-state index in [2.05, 4.69) is 43.1 Å². The van der Waals surface area contributed by atoms with E-state index in [1.54, 1.807) is 41.3 Å². The van der Waals surface area contributed by atoms with Crippen molar-refractivity contribution in [1.82, 2.24) is 4.90 Å². The molecule has 0 atom stereocenters. The van der Waals surface area contributed by atoms with Gasteiger partial charge in [0.2, 0.25) is 0 Å². The Morgan fingerprint density at radius 2 is 1.74 bits per heavy atom. The molecule has 39 heavy (non-hydrogen) atoms. The molecule has 1 amide bonds. The Morgan fingerprint density at radius 3 is 2.33 bits per heavy atom. The number of hydrogen-bond donors (Lipinski definition) is 1. The number of amides is 1. The van der Waals surface area contributed by atoms with Gasteiger partial charge in [-0.25, -0.2) is 9.38 Å². The molecule has 0 aliphatic carbocycles. The van der Waals surface area contributed by atoms with Crippen molar-refractivity contribution < 1.29 is 19.1 Å². The van der Waals surface area contributed by atoms with Gasteiger partial charge in [-0.1, -0.05) is 56.3 Å². The number of carbonyl (C=O) groups is 2. The monoisotopic (exact) mass is 545 g/mol. The third kappa shape index (κ3) is 6.95. The van der Waals surface area contributed by atoms with Crippen molar-refractivity contribution in [3.8, 4) is 0 Å². The molecule has 1 N–H and O–H groups in total. The Balaban J connectivity index is 1.49. The zero-order chi connectivity index (χ0) is 28.1. The average molecular weight is 546 g/mol. The molecule has 3 aromatic carbocycles. The summed E-state index contributed by atoms with van der Waals surface area (Å²) in [7, 11) is 1.86. The van der Waals surface area contributed by atoms with Crippen molar-refractivity contribution in [3.63, 3.8) is 0 Å². The fraction of sp³-hybridized carbons (Fsp3) is 0.258. The number of aliphatic carboxylic acids is 1. The fourth-order valence-electron chi connectivity index (χ4n) is 4.28. The van der Waals surface area contributed by atoms with E-state index in [1.165, 1.54) is 23.4 Å². The zero-order valence-electron chi connectivity index (χ0n) is 22.5. The second-order valence-corrected chi connectivity index (χ2v) is 10.8. The number of anilines is 1. The molecule has 0 spiro atoms. The largest absolute Gasteiger partial charge is 0.481 e. The topological polar surface area (TPSA) is 73.2 Å². The number of amidine groups is 1. The van der Waals surface area contributed by atoms with E-state index in [0.717, 1.165) is 5.56 Å². The predicted octanol–water partition coefficient (Wildman–Crippen LogP) is 6.84. The average Bonchev–Trinajstić information content (AvgIpc) is 3.18. The molecule has 1 aliphatic rings. The number of hydrogen-bond acceptors (Lipinski definition) is 5. The number of rotatable bonds is 9. The molecular formula is C31H32FN3O3S. The van der Waals surface area contributed by atoms with Crippen LogP contribution < -0.4 is 4.90 Å². The first-order valence-corrected chi connectivity index (χ1v) is 13.7. The first-order chi connectivity index (χ1) is 18.6. The lowest BCUT2D eigenvalue weighted by Gasteiger charge is -2.20. The number of thioether (sulfide) groups is 1. The molecule has 1 fully saturated rings. The second kappa shape index (κ2) is 12.3. The summed E-state index contributed by atoms with van der Waals surface area (Å²) >= 11 is 1.24. The van der Waals surface area contributed by atoms with Crippen LogP contribution in [0.4, 0.5) is 15.8 Å². The van der Waals surface area contributed by atoms with Crippen molar-refractivity contribution in [3.05, 3.63) is 99.7 Å². The summed E-state index contributed by atoms with van der Waals surface area (Å²) in [6, 6.07) is 20.3. The van der Waals surface area contributed by atoms with Crippen LogP contribution in [0.15, 0.2) is 76.6 Å². The first-order valence-electron chi connectivity index (χ1n) is 12.8. The van der Waals surface area contributed by atoms with Crippen LogP contribution in [0.1, 0.15) is 48.9 Å². The van der Waals surface area contributed by atoms with E-state index in [4.69, 9.17) is 5.11 Å². The lowest BCUT2D eigenvalue weighted by molar-refractivity contribution is -0.136. The molecule has 1 aliphatic heterocycles. The van der Waals surface area contributed by atoms with Crippen molar-refractivity contribution >= 4 is 46.3 Å². The number of nitrogens with zero attached hydrogens (tertiary/aromatic N) is 3. The minimum Gasteiger partial charge on any atom is -0.481 e. The van der Waals surface area contributed by atoms with Crippen LogP contribution in [-0.4, -0.2) is 40.6 Å². The Morgan fingerprint density at radius 1 is 1.08 bits per heavy atom. The molecule has 0 aromatic heterocycles. The summed E-state index contributed by atoms with van der Waals surface area (Å²) in [6.45, 7) is 7.19. The van der Waals surface area contributed by atoms with Crippen molar-refractivity contribution in [2.24, 2.45) is 4.99 Å². The number of benzene rings is 3. The van der Waals surface area contributed by atoms with Crippen molar-refractivity contribution in [2.75, 3.05) is 18.5 Å². The minimum absolute atomic E-state index is 0.0609. The molecule has 202 valence electrons. The Labute approximate surface area is 232 Å². The van der Waals surface area contributed by atoms with Crippen LogP contribution in [-0.2, 0) is 22.6 Å². The highest BCUT2D eigenvalue weighted by Crippen LogP contribution is 2.34. The molecule has 1 heterocycles. The number of likely N-dealkylation sites (N-methyl/N-ethyl adjacent to an activating group) is 1. The van der Waals surface area contributed by atoms with Gasteiger partial charge in [0, 0.05) is 20.1 Å². The smallest absolute Gasteiger partial charge is 0.307 e. The van der Waals surface area contributed by atoms with Gasteiger partial charge in [-0.2, -0.15) is 0 Å².